The number of carbonyl (C=O) groups is 1. The fraction of sp³-hybridized carbons (Fsp3) is 0.200. The number of hydrogen-bond donors (Lipinski definition) is 3. The number of anilines is 1. The zero-order valence-corrected chi connectivity index (χ0v) is 17.3. The molecule has 2 aromatic heterocycles. The summed E-state index contributed by atoms with van der Waals surface area (Å²) in [5, 5.41) is 13.7. The van der Waals surface area contributed by atoms with Crippen LogP contribution in [0.25, 0.3) is 11.0 Å². The van der Waals surface area contributed by atoms with E-state index in [9.17, 15) is 14.7 Å². The van der Waals surface area contributed by atoms with Gasteiger partial charge in [0, 0.05) is 24.7 Å². The third-order valence-electron chi connectivity index (χ3n) is 5.95. The van der Waals surface area contributed by atoms with Crippen LogP contribution in [0.2, 0.25) is 0 Å². The Balaban J connectivity index is 1.46. The molecule has 0 saturated heterocycles. The van der Waals surface area contributed by atoms with Crippen molar-refractivity contribution in [2.24, 2.45) is 0 Å². The van der Waals surface area contributed by atoms with Gasteiger partial charge in [-0.3, -0.25) is 14.6 Å². The Morgan fingerprint density at radius 3 is 2.62 bits per heavy atom. The van der Waals surface area contributed by atoms with Crippen molar-refractivity contribution in [2.75, 3.05) is 11.9 Å². The molecule has 3 N–H and O–H groups in total. The Labute approximate surface area is 184 Å². The predicted octanol–water partition coefficient (Wildman–Crippen LogP) is 3.59. The standard InChI is InChI=1S/C25H22N4O3/c30-20-9-5-4-8-17(20)16-12-18-19(21(31)13-16)14-27-23-22(18)24(32)29-25(28-23)26-11-10-15-6-2-1-3-7-15/h1-9,14,16,30H,10-13H2,(H2,26,27,28,29,32). The minimum atomic E-state index is -0.327. The lowest BCUT2D eigenvalue weighted by atomic mass is 9.79. The number of aromatic amines is 1. The number of para-hydroxylation sites is 1. The minimum absolute atomic E-state index is 0.0848. The van der Waals surface area contributed by atoms with Crippen LogP contribution in [0.3, 0.4) is 0 Å². The van der Waals surface area contributed by atoms with Gasteiger partial charge in [-0.25, -0.2) is 4.98 Å². The minimum Gasteiger partial charge on any atom is -0.508 e. The van der Waals surface area contributed by atoms with Crippen LogP contribution in [-0.2, 0) is 12.8 Å². The summed E-state index contributed by atoms with van der Waals surface area (Å²) in [6, 6.07) is 17.1. The topological polar surface area (TPSA) is 108 Å². The molecule has 0 amide bonds. The average molecular weight is 426 g/mol. The summed E-state index contributed by atoms with van der Waals surface area (Å²) in [6.45, 7) is 0.608. The second-order valence-corrected chi connectivity index (χ2v) is 8.01. The number of aromatic nitrogens is 3. The highest BCUT2D eigenvalue weighted by Gasteiger charge is 2.30. The van der Waals surface area contributed by atoms with Gasteiger partial charge < -0.3 is 10.4 Å². The molecule has 7 heteroatoms. The number of fused-ring (bicyclic) bond motifs is 3. The number of nitrogens with zero attached hydrogens (tertiary/aromatic N) is 2. The van der Waals surface area contributed by atoms with Crippen molar-refractivity contribution < 1.29 is 9.90 Å². The normalized spacial score (nSPS) is 15.5. The van der Waals surface area contributed by atoms with Gasteiger partial charge in [0.15, 0.2) is 11.4 Å². The van der Waals surface area contributed by atoms with E-state index in [1.165, 1.54) is 11.8 Å². The summed E-state index contributed by atoms with van der Waals surface area (Å²) < 4.78 is 0. The van der Waals surface area contributed by atoms with Gasteiger partial charge in [-0.05, 0) is 41.5 Å². The lowest BCUT2D eigenvalue weighted by Gasteiger charge is -2.25. The number of ketones is 1. The first-order valence-electron chi connectivity index (χ1n) is 10.6. The molecule has 2 aromatic carbocycles. The number of benzene rings is 2. The number of phenolic OH excluding ortho intramolecular Hbond substituents is 1. The van der Waals surface area contributed by atoms with E-state index in [1.807, 2.05) is 42.5 Å². The van der Waals surface area contributed by atoms with Crippen LogP contribution in [0.5, 0.6) is 5.75 Å². The van der Waals surface area contributed by atoms with Crippen LogP contribution < -0.4 is 10.9 Å². The molecule has 0 radical (unpaired) electrons. The van der Waals surface area contributed by atoms with Crippen molar-refractivity contribution in [2.45, 2.75) is 25.2 Å². The van der Waals surface area contributed by atoms with Crippen LogP contribution in [0.1, 0.15) is 39.4 Å². The molecule has 32 heavy (non-hydrogen) atoms. The highest BCUT2D eigenvalue weighted by Crippen LogP contribution is 2.37. The Morgan fingerprint density at radius 2 is 1.81 bits per heavy atom. The van der Waals surface area contributed by atoms with Crippen LogP contribution in [0.4, 0.5) is 5.95 Å². The molecule has 1 aliphatic rings. The Hall–Kier alpha value is -4.00. The molecule has 2 heterocycles. The smallest absolute Gasteiger partial charge is 0.262 e. The Kier molecular flexibility index (Phi) is 5.15. The van der Waals surface area contributed by atoms with Crippen LogP contribution in [0, 0.1) is 0 Å². The first-order valence-corrected chi connectivity index (χ1v) is 10.6. The van der Waals surface area contributed by atoms with Crippen molar-refractivity contribution in [1.29, 1.82) is 0 Å². The summed E-state index contributed by atoms with van der Waals surface area (Å²) >= 11 is 0. The van der Waals surface area contributed by atoms with Gasteiger partial charge in [0.05, 0.1) is 5.39 Å². The quantitative estimate of drug-likeness (QED) is 0.450. The maximum absolute atomic E-state index is 13.0. The molecule has 0 spiro atoms. The fourth-order valence-electron chi connectivity index (χ4n) is 4.38. The van der Waals surface area contributed by atoms with Crippen LogP contribution >= 0.6 is 0 Å². The molecule has 4 aromatic rings. The molecule has 0 fully saturated rings. The maximum Gasteiger partial charge on any atom is 0.262 e. The van der Waals surface area contributed by atoms with E-state index < -0.39 is 0 Å². The summed E-state index contributed by atoms with van der Waals surface area (Å²) in [7, 11) is 0. The first kappa shape index (κ1) is 19.9. The highest BCUT2D eigenvalue weighted by molar-refractivity contribution is 6.02. The molecule has 1 aliphatic carbocycles. The third-order valence-corrected chi connectivity index (χ3v) is 5.95. The van der Waals surface area contributed by atoms with Gasteiger partial charge in [0.2, 0.25) is 5.95 Å². The van der Waals surface area contributed by atoms with Gasteiger partial charge in [-0.2, -0.15) is 4.98 Å². The molecule has 0 bridgehead atoms. The molecule has 160 valence electrons. The zero-order valence-electron chi connectivity index (χ0n) is 17.3. The second kappa shape index (κ2) is 8.26. The molecule has 1 atom stereocenters. The van der Waals surface area contributed by atoms with Crippen molar-refractivity contribution >= 4 is 22.8 Å². The molecule has 5 rings (SSSR count). The first-order chi connectivity index (χ1) is 15.6. The largest absolute Gasteiger partial charge is 0.508 e. The molecule has 1 unspecified atom stereocenters. The summed E-state index contributed by atoms with van der Waals surface area (Å²) in [4.78, 5) is 37.4. The van der Waals surface area contributed by atoms with Gasteiger partial charge in [-0.15, -0.1) is 0 Å². The summed E-state index contributed by atoms with van der Waals surface area (Å²) in [5.41, 5.74) is 2.97. The molecule has 7 nitrogen and oxygen atoms in total. The van der Waals surface area contributed by atoms with E-state index >= 15 is 0 Å². The number of pyridine rings is 1. The fourth-order valence-corrected chi connectivity index (χ4v) is 4.38. The monoisotopic (exact) mass is 426 g/mol. The van der Waals surface area contributed by atoms with Crippen molar-refractivity contribution in [1.82, 2.24) is 15.0 Å². The van der Waals surface area contributed by atoms with Gasteiger partial charge >= 0.3 is 0 Å². The van der Waals surface area contributed by atoms with Crippen LogP contribution in [0.15, 0.2) is 65.6 Å². The van der Waals surface area contributed by atoms with Gasteiger partial charge in [-0.1, -0.05) is 48.5 Å². The molecular weight excluding hydrogens is 404 g/mol. The molecule has 0 saturated carbocycles. The van der Waals surface area contributed by atoms with E-state index in [-0.39, 0.29) is 29.4 Å². The number of Topliss-reactive ketones (excluding diaryl/α,β-unsaturated/α-hetero) is 1. The number of phenols is 1. The Morgan fingerprint density at radius 1 is 1.03 bits per heavy atom. The van der Waals surface area contributed by atoms with Gasteiger partial charge in [0.25, 0.3) is 5.56 Å². The third kappa shape index (κ3) is 3.73. The summed E-state index contributed by atoms with van der Waals surface area (Å²) in [6.07, 6.45) is 3.03. The zero-order chi connectivity index (χ0) is 22.1. The number of carbonyl (C=O) groups excluding carboxylic acids is 1. The Bertz CT molecular complexity index is 1360. The van der Waals surface area contributed by atoms with E-state index in [1.54, 1.807) is 12.1 Å². The number of aromatic hydroxyl groups is 1. The second-order valence-electron chi connectivity index (χ2n) is 8.01. The van der Waals surface area contributed by atoms with E-state index in [0.717, 1.165) is 6.42 Å². The number of nitrogens with one attached hydrogen (secondary N) is 2. The van der Waals surface area contributed by atoms with E-state index in [0.29, 0.717) is 46.6 Å². The number of rotatable bonds is 5. The predicted molar refractivity (Wildman–Crippen MR) is 122 cm³/mol. The number of hydrogen-bond acceptors (Lipinski definition) is 6. The van der Waals surface area contributed by atoms with Crippen molar-refractivity contribution in [3.05, 3.63) is 93.4 Å². The lowest BCUT2D eigenvalue weighted by molar-refractivity contribution is 0.0964. The summed E-state index contributed by atoms with van der Waals surface area (Å²) in [5.74, 6) is 0.220. The average Bonchev–Trinajstić information content (AvgIpc) is 2.79. The molecular formula is C25H22N4O3. The molecule has 0 aliphatic heterocycles. The highest BCUT2D eigenvalue weighted by atomic mass is 16.3. The van der Waals surface area contributed by atoms with Gasteiger partial charge in [0.1, 0.15) is 5.75 Å². The van der Waals surface area contributed by atoms with Crippen LogP contribution in [-0.4, -0.2) is 32.4 Å². The van der Waals surface area contributed by atoms with Crippen molar-refractivity contribution in [3.8, 4) is 5.75 Å². The SMILES string of the molecule is O=C1CC(c2ccccc2O)Cc2c1cnc1nc(NCCc3ccccc3)[nH]c(=O)c21. The van der Waals surface area contributed by atoms with Crippen molar-refractivity contribution in [3.63, 3.8) is 0 Å². The lowest BCUT2D eigenvalue weighted by Crippen LogP contribution is -2.23. The van der Waals surface area contributed by atoms with E-state index in [2.05, 4.69) is 20.3 Å². The van der Waals surface area contributed by atoms with E-state index in [4.69, 9.17) is 0 Å². The maximum atomic E-state index is 13.0. The number of H-pyrrole nitrogens is 1.